The van der Waals surface area contributed by atoms with Crippen LogP contribution >= 0.6 is 0 Å². The number of rotatable bonds is 6. The van der Waals surface area contributed by atoms with Crippen LogP contribution in [-0.4, -0.2) is 26.5 Å². The van der Waals surface area contributed by atoms with E-state index >= 15 is 0 Å². The van der Waals surface area contributed by atoms with Gasteiger partial charge in [0.15, 0.2) is 9.84 Å². The molecule has 0 atom stereocenters. The van der Waals surface area contributed by atoms with Crippen LogP contribution in [0.1, 0.15) is 12.5 Å². The molecule has 0 radical (unpaired) electrons. The second kappa shape index (κ2) is 6.26. The minimum atomic E-state index is -2.97. The van der Waals surface area contributed by atoms with Gasteiger partial charge in [0.2, 0.25) is 0 Å². The van der Waals surface area contributed by atoms with Crippen molar-refractivity contribution in [2.24, 2.45) is 0 Å². The zero-order valence-electron chi connectivity index (χ0n) is 9.72. The van der Waals surface area contributed by atoms with Gasteiger partial charge in [0.1, 0.15) is 12.4 Å². The molecular weight excluding hydrogens is 238 g/mol. The Kier molecular flexibility index (Phi) is 4.98. The molecule has 0 spiro atoms. The molecule has 0 heterocycles. The summed E-state index contributed by atoms with van der Waals surface area (Å²) in [6.45, 7) is 1.78. The molecule has 0 bridgehead atoms. The zero-order chi connectivity index (χ0) is 12.7. The van der Waals surface area contributed by atoms with Crippen LogP contribution in [0.15, 0.2) is 24.3 Å². The van der Waals surface area contributed by atoms with Gasteiger partial charge in [0.05, 0.1) is 18.2 Å². The third-order valence-corrected chi connectivity index (χ3v) is 3.98. The van der Waals surface area contributed by atoms with E-state index in [9.17, 15) is 8.42 Å². The van der Waals surface area contributed by atoms with Crippen LogP contribution < -0.4 is 4.74 Å². The molecule has 1 aromatic carbocycles. The second-order valence-electron chi connectivity index (χ2n) is 3.56. The first-order chi connectivity index (χ1) is 8.07. The maximum Gasteiger partial charge on any atom is 0.153 e. The average Bonchev–Trinajstić information content (AvgIpc) is 2.32. The van der Waals surface area contributed by atoms with Gasteiger partial charge >= 0.3 is 0 Å². The fourth-order valence-electron chi connectivity index (χ4n) is 1.23. The Morgan fingerprint density at radius 1 is 1.29 bits per heavy atom. The Morgan fingerprint density at radius 2 is 1.94 bits per heavy atom. The number of hydrogen-bond acceptors (Lipinski definition) is 4. The molecule has 0 aliphatic carbocycles. The summed E-state index contributed by atoms with van der Waals surface area (Å²) in [6, 6.07) is 9.13. The van der Waals surface area contributed by atoms with E-state index in [-0.39, 0.29) is 18.1 Å². The first kappa shape index (κ1) is 13.5. The lowest BCUT2D eigenvalue weighted by atomic mass is 10.2. The highest BCUT2D eigenvalue weighted by Crippen LogP contribution is 2.12. The number of benzene rings is 1. The minimum absolute atomic E-state index is 0.0312. The molecular formula is C12H15NO3S. The van der Waals surface area contributed by atoms with E-state index in [1.165, 1.54) is 0 Å². The third-order valence-electron chi connectivity index (χ3n) is 2.31. The highest BCUT2D eigenvalue weighted by Gasteiger charge is 2.07. The van der Waals surface area contributed by atoms with Crippen LogP contribution in [0, 0.1) is 11.3 Å². The summed E-state index contributed by atoms with van der Waals surface area (Å²) in [4.78, 5) is 0. The number of hydrogen-bond donors (Lipinski definition) is 0. The first-order valence-electron chi connectivity index (χ1n) is 5.36. The maximum atomic E-state index is 11.2. The van der Waals surface area contributed by atoms with E-state index in [1.807, 2.05) is 0 Å². The third kappa shape index (κ3) is 4.87. The van der Waals surface area contributed by atoms with E-state index in [1.54, 1.807) is 31.2 Å². The molecule has 0 saturated heterocycles. The van der Waals surface area contributed by atoms with Crippen molar-refractivity contribution in [2.75, 3.05) is 18.1 Å². The predicted molar refractivity (Wildman–Crippen MR) is 65.6 cm³/mol. The summed E-state index contributed by atoms with van der Waals surface area (Å²) in [5.74, 6) is 0.791. The first-order valence-corrected chi connectivity index (χ1v) is 7.18. The molecule has 5 heteroatoms. The Balaban J connectivity index is 2.46. The largest absolute Gasteiger partial charge is 0.493 e. The normalized spacial score (nSPS) is 10.8. The zero-order valence-corrected chi connectivity index (χ0v) is 10.5. The van der Waals surface area contributed by atoms with Crippen molar-refractivity contribution >= 4 is 9.84 Å². The Hall–Kier alpha value is -1.54. The van der Waals surface area contributed by atoms with Gasteiger partial charge in [-0.05, 0) is 17.7 Å². The van der Waals surface area contributed by atoms with E-state index < -0.39 is 9.84 Å². The van der Waals surface area contributed by atoms with Crippen molar-refractivity contribution in [3.63, 3.8) is 0 Å². The molecule has 0 fully saturated rings. The molecule has 0 saturated carbocycles. The van der Waals surface area contributed by atoms with Gasteiger partial charge < -0.3 is 4.74 Å². The number of ether oxygens (including phenoxy) is 1. The summed E-state index contributed by atoms with van der Waals surface area (Å²) < 4.78 is 27.7. The lowest BCUT2D eigenvalue weighted by Crippen LogP contribution is -2.15. The lowest BCUT2D eigenvalue weighted by molar-refractivity contribution is 0.341. The van der Waals surface area contributed by atoms with Crippen molar-refractivity contribution in [2.45, 2.75) is 13.3 Å². The van der Waals surface area contributed by atoms with Gasteiger partial charge in [-0.15, -0.1) is 0 Å². The Labute approximate surface area is 102 Å². The molecule has 0 N–H and O–H groups in total. The van der Waals surface area contributed by atoms with Crippen molar-refractivity contribution < 1.29 is 13.2 Å². The summed E-state index contributed by atoms with van der Waals surface area (Å²) in [6.07, 6.45) is 0.366. The molecule has 0 aromatic heterocycles. The Bertz CT molecular complexity index is 485. The topological polar surface area (TPSA) is 67.2 Å². The molecule has 4 nitrogen and oxygen atoms in total. The molecule has 1 rings (SSSR count). The van der Waals surface area contributed by atoms with Gasteiger partial charge in [0, 0.05) is 5.75 Å². The van der Waals surface area contributed by atoms with Crippen LogP contribution in [0.25, 0.3) is 0 Å². The second-order valence-corrected chi connectivity index (χ2v) is 6.04. The summed E-state index contributed by atoms with van der Waals surface area (Å²) >= 11 is 0. The monoisotopic (exact) mass is 253 g/mol. The van der Waals surface area contributed by atoms with Crippen molar-refractivity contribution in [3.05, 3.63) is 29.8 Å². The highest BCUT2D eigenvalue weighted by atomic mass is 32.2. The van der Waals surface area contributed by atoms with Gasteiger partial charge in [-0.2, -0.15) is 5.26 Å². The number of sulfone groups is 1. The van der Waals surface area contributed by atoms with Gasteiger partial charge in [-0.1, -0.05) is 19.1 Å². The summed E-state index contributed by atoms with van der Waals surface area (Å²) in [7, 11) is -2.97. The molecule has 0 aliphatic heterocycles. The lowest BCUT2D eigenvalue weighted by Gasteiger charge is -2.06. The summed E-state index contributed by atoms with van der Waals surface area (Å²) in [5.41, 5.74) is 0.918. The van der Waals surface area contributed by atoms with E-state index in [0.29, 0.717) is 12.2 Å². The quantitative estimate of drug-likeness (QED) is 0.771. The highest BCUT2D eigenvalue weighted by molar-refractivity contribution is 7.91. The van der Waals surface area contributed by atoms with Gasteiger partial charge in [-0.3, -0.25) is 0 Å². The smallest absolute Gasteiger partial charge is 0.153 e. The van der Waals surface area contributed by atoms with Crippen LogP contribution in [0.4, 0.5) is 0 Å². The Morgan fingerprint density at radius 3 is 2.47 bits per heavy atom. The van der Waals surface area contributed by atoms with Gasteiger partial charge in [-0.25, -0.2) is 8.42 Å². The summed E-state index contributed by atoms with van der Waals surface area (Å²) in [5, 5.41) is 8.50. The SMILES string of the molecule is CCS(=O)(=O)CCOc1ccc(CC#N)cc1. The number of nitriles is 1. The molecule has 0 aliphatic rings. The predicted octanol–water partition coefficient (Wildman–Crippen LogP) is 1.57. The van der Waals surface area contributed by atoms with E-state index in [4.69, 9.17) is 10.00 Å². The fourth-order valence-corrected chi connectivity index (χ4v) is 1.85. The van der Waals surface area contributed by atoms with Crippen LogP contribution in [0.5, 0.6) is 5.75 Å². The van der Waals surface area contributed by atoms with Crippen molar-refractivity contribution in [3.8, 4) is 11.8 Å². The molecule has 1 aromatic rings. The average molecular weight is 253 g/mol. The van der Waals surface area contributed by atoms with E-state index in [2.05, 4.69) is 6.07 Å². The van der Waals surface area contributed by atoms with E-state index in [0.717, 1.165) is 5.56 Å². The number of nitrogens with zero attached hydrogens (tertiary/aromatic N) is 1. The molecule has 0 amide bonds. The van der Waals surface area contributed by atoms with Crippen LogP contribution in [-0.2, 0) is 16.3 Å². The molecule has 17 heavy (non-hydrogen) atoms. The standard InChI is InChI=1S/C12H15NO3S/c1-2-17(14,15)10-9-16-12-5-3-11(4-6-12)7-8-13/h3-6H,2,7,9-10H2,1H3. The molecule has 0 unspecified atom stereocenters. The minimum Gasteiger partial charge on any atom is -0.493 e. The van der Waals surface area contributed by atoms with Crippen molar-refractivity contribution in [1.82, 2.24) is 0 Å². The van der Waals surface area contributed by atoms with Crippen LogP contribution in [0.2, 0.25) is 0 Å². The maximum absolute atomic E-state index is 11.2. The van der Waals surface area contributed by atoms with Crippen molar-refractivity contribution in [1.29, 1.82) is 5.26 Å². The van der Waals surface area contributed by atoms with Gasteiger partial charge in [0.25, 0.3) is 0 Å². The van der Waals surface area contributed by atoms with Crippen LogP contribution in [0.3, 0.4) is 0 Å². The molecule has 92 valence electrons. The fraction of sp³-hybridized carbons (Fsp3) is 0.417.